The lowest BCUT2D eigenvalue weighted by atomic mass is 10.1. The maximum Gasteiger partial charge on any atom is 0.191 e. The third kappa shape index (κ3) is 5.88. The molecule has 3 rings (SSSR count). The van der Waals surface area contributed by atoms with Gasteiger partial charge in [0.25, 0.3) is 0 Å². The Labute approximate surface area is 157 Å². The molecule has 0 bridgehead atoms. The second kappa shape index (κ2) is 10.4. The third-order valence-electron chi connectivity index (χ3n) is 5.01. The molecule has 144 valence electrons. The van der Waals surface area contributed by atoms with Gasteiger partial charge in [-0.05, 0) is 31.4 Å². The van der Waals surface area contributed by atoms with Crippen LogP contribution < -0.4 is 15.5 Å². The minimum atomic E-state index is 0.431. The quantitative estimate of drug-likeness (QED) is 0.421. The molecule has 6 nitrogen and oxygen atoms in total. The smallest absolute Gasteiger partial charge is 0.191 e. The van der Waals surface area contributed by atoms with Gasteiger partial charge in [0.15, 0.2) is 5.96 Å². The van der Waals surface area contributed by atoms with Crippen LogP contribution in [-0.4, -0.2) is 65.1 Å². The topological polar surface area (TPSA) is 58.1 Å². The van der Waals surface area contributed by atoms with Gasteiger partial charge in [-0.2, -0.15) is 0 Å². The molecular weight excluding hydrogens is 328 g/mol. The normalized spacial score (nSPS) is 23.4. The summed E-state index contributed by atoms with van der Waals surface area (Å²) in [6.07, 6.45) is 3.24. The third-order valence-corrected chi connectivity index (χ3v) is 5.01. The van der Waals surface area contributed by atoms with Gasteiger partial charge in [-0.3, -0.25) is 4.99 Å². The Morgan fingerprint density at radius 2 is 2.19 bits per heavy atom. The summed E-state index contributed by atoms with van der Waals surface area (Å²) in [6, 6.07) is 11.0. The van der Waals surface area contributed by atoms with E-state index in [9.17, 15) is 0 Å². The van der Waals surface area contributed by atoms with E-state index < -0.39 is 0 Å². The van der Waals surface area contributed by atoms with Gasteiger partial charge in [-0.1, -0.05) is 18.2 Å². The molecule has 0 aliphatic carbocycles. The minimum absolute atomic E-state index is 0.431. The highest BCUT2D eigenvalue weighted by Crippen LogP contribution is 2.19. The molecule has 0 radical (unpaired) electrons. The predicted molar refractivity (Wildman–Crippen MR) is 106 cm³/mol. The van der Waals surface area contributed by atoms with Crippen LogP contribution in [0.1, 0.15) is 19.3 Å². The first-order valence-electron chi connectivity index (χ1n) is 9.78. The van der Waals surface area contributed by atoms with Crippen molar-refractivity contribution in [1.29, 1.82) is 0 Å². The summed E-state index contributed by atoms with van der Waals surface area (Å²) in [4.78, 5) is 6.77. The maximum absolute atomic E-state index is 5.74. The molecule has 0 aromatic heterocycles. The van der Waals surface area contributed by atoms with E-state index in [1.165, 1.54) is 5.69 Å². The first-order valence-corrected chi connectivity index (χ1v) is 9.78. The number of nitrogens with zero attached hydrogens (tertiary/aromatic N) is 2. The Kier molecular flexibility index (Phi) is 7.58. The molecular formula is C20H32N4O2. The van der Waals surface area contributed by atoms with Crippen molar-refractivity contribution >= 4 is 11.6 Å². The van der Waals surface area contributed by atoms with Crippen molar-refractivity contribution in [3.63, 3.8) is 0 Å². The van der Waals surface area contributed by atoms with Crippen LogP contribution in [0.15, 0.2) is 35.3 Å². The summed E-state index contributed by atoms with van der Waals surface area (Å²) in [5, 5.41) is 6.94. The first kappa shape index (κ1) is 19.0. The van der Waals surface area contributed by atoms with Crippen molar-refractivity contribution < 1.29 is 9.47 Å². The highest BCUT2D eigenvalue weighted by Gasteiger charge is 2.23. The van der Waals surface area contributed by atoms with Crippen LogP contribution in [0, 0.1) is 5.92 Å². The molecule has 0 saturated carbocycles. The van der Waals surface area contributed by atoms with Crippen LogP contribution in [0.4, 0.5) is 5.69 Å². The Balaban J connectivity index is 1.28. The second-order valence-corrected chi connectivity index (χ2v) is 7.07. The van der Waals surface area contributed by atoms with E-state index in [-0.39, 0.29) is 0 Å². The van der Waals surface area contributed by atoms with E-state index >= 15 is 0 Å². The van der Waals surface area contributed by atoms with Gasteiger partial charge < -0.3 is 25.0 Å². The molecule has 2 unspecified atom stereocenters. The zero-order valence-corrected chi connectivity index (χ0v) is 15.8. The zero-order valence-electron chi connectivity index (χ0n) is 15.8. The van der Waals surface area contributed by atoms with Crippen LogP contribution in [0.3, 0.4) is 0 Å². The molecule has 0 amide bonds. The number of guanidine groups is 1. The van der Waals surface area contributed by atoms with Crippen LogP contribution in [0.5, 0.6) is 0 Å². The molecule has 1 aromatic rings. The first-order chi connectivity index (χ1) is 12.8. The fraction of sp³-hybridized carbons (Fsp3) is 0.650. The lowest BCUT2D eigenvalue weighted by Crippen LogP contribution is -2.45. The van der Waals surface area contributed by atoms with E-state index in [2.05, 4.69) is 50.9 Å². The molecule has 26 heavy (non-hydrogen) atoms. The fourth-order valence-electron chi connectivity index (χ4n) is 3.49. The number of nitrogens with one attached hydrogen (secondary N) is 2. The number of anilines is 1. The number of aliphatic imine (C=N–C) groups is 1. The van der Waals surface area contributed by atoms with E-state index in [0.717, 1.165) is 71.3 Å². The van der Waals surface area contributed by atoms with Gasteiger partial charge in [-0.25, -0.2) is 0 Å². The highest BCUT2D eigenvalue weighted by molar-refractivity contribution is 5.80. The van der Waals surface area contributed by atoms with Gasteiger partial charge in [0, 0.05) is 57.5 Å². The van der Waals surface area contributed by atoms with Gasteiger partial charge in [0.2, 0.25) is 0 Å². The van der Waals surface area contributed by atoms with Crippen molar-refractivity contribution in [3.05, 3.63) is 30.3 Å². The van der Waals surface area contributed by atoms with E-state index in [1.54, 1.807) is 0 Å². The minimum Gasteiger partial charge on any atom is -0.381 e. The molecule has 2 N–H and O–H groups in total. The van der Waals surface area contributed by atoms with E-state index in [4.69, 9.17) is 9.47 Å². The maximum atomic E-state index is 5.74. The molecule has 2 fully saturated rings. The average Bonchev–Trinajstić information content (AvgIpc) is 3.36. The van der Waals surface area contributed by atoms with Crippen molar-refractivity contribution in [2.75, 3.05) is 58.0 Å². The molecule has 6 heteroatoms. The van der Waals surface area contributed by atoms with Crippen molar-refractivity contribution in [3.8, 4) is 0 Å². The Hall–Kier alpha value is -1.79. The number of ether oxygens (including phenoxy) is 2. The standard InChI is InChI=1S/C20H32N4O2/c1-21-20(22-10-5-12-25-15-17-9-13-26-16-17)23-18-8-11-24(14-18)19-6-3-2-4-7-19/h2-4,6-7,17-18H,5,8-16H2,1H3,(H2,21,22,23). The summed E-state index contributed by atoms with van der Waals surface area (Å²) in [7, 11) is 1.83. The van der Waals surface area contributed by atoms with Crippen molar-refractivity contribution in [2.45, 2.75) is 25.3 Å². The Bertz CT molecular complexity index is 546. The van der Waals surface area contributed by atoms with Crippen LogP contribution in [0.2, 0.25) is 0 Å². The largest absolute Gasteiger partial charge is 0.381 e. The zero-order chi connectivity index (χ0) is 18.0. The SMILES string of the molecule is CN=C(NCCCOCC1CCOC1)NC1CCN(c2ccccc2)C1. The predicted octanol–water partition coefficient (Wildman–Crippen LogP) is 1.87. The summed E-state index contributed by atoms with van der Waals surface area (Å²) in [5.41, 5.74) is 1.30. The molecule has 2 aliphatic rings. The molecule has 1 aromatic carbocycles. The number of benzene rings is 1. The average molecular weight is 361 g/mol. The van der Waals surface area contributed by atoms with Gasteiger partial charge in [0.05, 0.1) is 13.2 Å². The van der Waals surface area contributed by atoms with Crippen LogP contribution >= 0.6 is 0 Å². The Morgan fingerprint density at radius 3 is 2.96 bits per heavy atom. The molecule has 2 atom stereocenters. The van der Waals surface area contributed by atoms with Gasteiger partial charge in [0.1, 0.15) is 0 Å². The number of para-hydroxylation sites is 1. The van der Waals surface area contributed by atoms with Crippen molar-refractivity contribution in [2.24, 2.45) is 10.9 Å². The molecule has 0 spiro atoms. The second-order valence-electron chi connectivity index (χ2n) is 7.07. The highest BCUT2D eigenvalue weighted by atomic mass is 16.5. The molecule has 2 aliphatic heterocycles. The summed E-state index contributed by atoms with van der Waals surface area (Å²) < 4.78 is 11.1. The van der Waals surface area contributed by atoms with E-state index in [1.807, 2.05) is 7.05 Å². The number of hydrogen-bond acceptors (Lipinski definition) is 4. The lowest BCUT2D eigenvalue weighted by Gasteiger charge is -2.20. The van der Waals surface area contributed by atoms with Gasteiger partial charge in [-0.15, -0.1) is 0 Å². The summed E-state index contributed by atoms with van der Waals surface area (Å²) >= 11 is 0. The van der Waals surface area contributed by atoms with Crippen LogP contribution in [0.25, 0.3) is 0 Å². The monoisotopic (exact) mass is 360 g/mol. The van der Waals surface area contributed by atoms with Crippen LogP contribution in [-0.2, 0) is 9.47 Å². The lowest BCUT2D eigenvalue weighted by molar-refractivity contribution is 0.0888. The molecule has 2 saturated heterocycles. The number of rotatable bonds is 8. The molecule has 2 heterocycles. The summed E-state index contributed by atoms with van der Waals surface area (Å²) in [5.74, 6) is 1.47. The van der Waals surface area contributed by atoms with E-state index in [0.29, 0.717) is 12.0 Å². The fourth-order valence-corrected chi connectivity index (χ4v) is 3.49. The van der Waals surface area contributed by atoms with Crippen molar-refractivity contribution in [1.82, 2.24) is 10.6 Å². The van der Waals surface area contributed by atoms with Gasteiger partial charge >= 0.3 is 0 Å². The summed E-state index contributed by atoms with van der Waals surface area (Å²) in [6.45, 7) is 6.32. The number of hydrogen-bond donors (Lipinski definition) is 2. The Morgan fingerprint density at radius 1 is 1.31 bits per heavy atom.